The van der Waals surface area contributed by atoms with Gasteiger partial charge in [0.05, 0.1) is 0 Å². The Kier molecular flexibility index (Phi) is 6.86. The van der Waals surface area contributed by atoms with Crippen molar-refractivity contribution in [2.45, 2.75) is 27.2 Å². The fraction of sp³-hybridized carbons (Fsp3) is 0.308. The first-order chi connectivity index (χ1) is 7.13. The van der Waals surface area contributed by atoms with Gasteiger partial charge in [0.1, 0.15) is 5.70 Å². The molecular formula is C13H17NO. The van der Waals surface area contributed by atoms with Crippen LogP contribution in [0.25, 0.3) is 0 Å². The third-order valence-corrected chi connectivity index (χ3v) is 1.69. The molecule has 0 rings (SSSR count). The second kappa shape index (κ2) is 7.72. The molecule has 2 nitrogen and oxygen atoms in total. The molecule has 0 aliphatic rings. The molecule has 0 atom stereocenters. The van der Waals surface area contributed by atoms with Crippen LogP contribution in [-0.2, 0) is 4.79 Å². The number of hydrogen-bond donors (Lipinski definition) is 0. The third kappa shape index (κ3) is 6.42. The number of allylic oxidation sites excluding steroid dienone is 5. The molecule has 0 radical (unpaired) electrons. The third-order valence-electron chi connectivity index (χ3n) is 1.69. The van der Waals surface area contributed by atoms with Gasteiger partial charge in [-0.2, -0.15) is 0 Å². The Hall–Kier alpha value is -1.66. The van der Waals surface area contributed by atoms with Crippen LogP contribution in [0.3, 0.4) is 0 Å². The van der Waals surface area contributed by atoms with E-state index in [2.05, 4.69) is 11.6 Å². The van der Waals surface area contributed by atoms with Gasteiger partial charge in [-0.15, -0.1) is 0 Å². The predicted octanol–water partition coefficient (Wildman–Crippen LogP) is 3.26. The Morgan fingerprint density at radius 3 is 2.53 bits per heavy atom. The first-order valence-electron chi connectivity index (χ1n) is 4.92. The summed E-state index contributed by atoms with van der Waals surface area (Å²) in [5.74, 6) is 1.79. The molecule has 0 saturated carbocycles. The Bertz CT molecular complexity index is 353. The van der Waals surface area contributed by atoms with Gasteiger partial charge in [0.2, 0.25) is 0 Å². The molecule has 2 heteroatoms. The van der Waals surface area contributed by atoms with Crippen molar-refractivity contribution < 1.29 is 4.79 Å². The van der Waals surface area contributed by atoms with E-state index >= 15 is 0 Å². The van der Waals surface area contributed by atoms with E-state index in [-0.39, 0.29) is 0 Å². The average molecular weight is 203 g/mol. The number of aliphatic imine (C=N–C) groups is 1. The molecule has 0 unspecified atom stereocenters. The lowest BCUT2D eigenvalue weighted by atomic mass is 10.1. The number of nitrogens with zero attached hydrogens (tertiary/aromatic N) is 1. The van der Waals surface area contributed by atoms with Crippen LogP contribution in [0.4, 0.5) is 0 Å². The van der Waals surface area contributed by atoms with E-state index in [0.29, 0.717) is 5.70 Å². The SMILES string of the molecule is C=C(C)/C=C\C(=C\C(=C=O)/N=C\C)CC. The predicted molar refractivity (Wildman–Crippen MR) is 65.7 cm³/mol. The van der Waals surface area contributed by atoms with Crippen LogP contribution >= 0.6 is 0 Å². The highest BCUT2D eigenvalue weighted by Gasteiger charge is 1.92. The molecule has 80 valence electrons. The van der Waals surface area contributed by atoms with Crippen molar-refractivity contribution in [3.05, 3.63) is 41.7 Å². The minimum absolute atomic E-state index is 0.320. The zero-order valence-corrected chi connectivity index (χ0v) is 9.58. The molecule has 0 aliphatic carbocycles. The van der Waals surface area contributed by atoms with Crippen molar-refractivity contribution >= 4 is 12.2 Å². The molecule has 0 aromatic heterocycles. The highest BCUT2D eigenvalue weighted by molar-refractivity contribution is 5.65. The summed E-state index contributed by atoms with van der Waals surface area (Å²) < 4.78 is 0. The van der Waals surface area contributed by atoms with Crippen molar-refractivity contribution in [3.8, 4) is 0 Å². The zero-order chi connectivity index (χ0) is 11.7. The van der Waals surface area contributed by atoms with Gasteiger partial charge in [-0.1, -0.05) is 31.2 Å². The summed E-state index contributed by atoms with van der Waals surface area (Å²) in [6.07, 6.45) is 7.99. The van der Waals surface area contributed by atoms with Crippen molar-refractivity contribution in [1.29, 1.82) is 0 Å². The quantitative estimate of drug-likeness (QED) is 0.383. The Balaban J connectivity index is 4.87. The minimum Gasteiger partial charge on any atom is -0.250 e. The van der Waals surface area contributed by atoms with Gasteiger partial charge in [-0.25, -0.2) is 9.79 Å². The average Bonchev–Trinajstić information content (AvgIpc) is 2.22. The molecule has 0 N–H and O–H groups in total. The van der Waals surface area contributed by atoms with Gasteiger partial charge in [0, 0.05) is 6.21 Å². The summed E-state index contributed by atoms with van der Waals surface area (Å²) >= 11 is 0. The first kappa shape index (κ1) is 13.3. The Morgan fingerprint density at radius 2 is 2.13 bits per heavy atom. The summed E-state index contributed by atoms with van der Waals surface area (Å²) in [5, 5.41) is 0. The molecule has 15 heavy (non-hydrogen) atoms. The van der Waals surface area contributed by atoms with E-state index in [1.54, 1.807) is 25.2 Å². The monoisotopic (exact) mass is 203 g/mol. The van der Waals surface area contributed by atoms with Crippen LogP contribution in [0.1, 0.15) is 27.2 Å². The van der Waals surface area contributed by atoms with Crippen LogP contribution in [0.15, 0.2) is 46.6 Å². The summed E-state index contributed by atoms with van der Waals surface area (Å²) in [4.78, 5) is 14.4. The normalized spacial score (nSPS) is 12.1. The maximum atomic E-state index is 10.5. The molecule has 0 amide bonds. The molecule has 0 aromatic carbocycles. The molecule has 0 aliphatic heterocycles. The molecule has 0 saturated heterocycles. The van der Waals surface area contributed by atoms with Crippen LogP contribution in [0.2, 0.25) is 0 Å². The lowest BCUT2D eigenvalue weighted by Crippen LogP contribution is -1.80. The second-order valence-corrected chi connectivity index (χ2v) is 3.13. The van der Waals surface area contributed by atoms with Crippen molar-refractivity contribution in [2.75, 3.05) is 0 Å². The van der Waals surface area contributed by atoms with E-state index in [9.17, 15) is 4.79 Å². The van der Waals surface area contributed by atoms with E-state index in [1.807, 2.05) is 26.0 Å². The Morgan fingerprint density at radius 1 is 1.47 bits per heavy atom. The lowest BCUT2D eigenvalue weighted by molar-refractivity contribution is 0.567. The van der Waals surface area contributed by atoms with Gasteiger partial charge >= 0.3 is 0 Å². The molecule has 0 aromatic rings. The summed E-state index contributed by atoms with van der Waals surface area (Å²) in [5.41, 5.74) is 2.33. The molecular weight excluding hydrogens is 186 g/mol. The summed E-state index contributed by atoms with van der Waals surface area (Å²) in [6.45, 7) is 9.48. The van der Waals surface area contributed by atoms with Gasteiger partial charge < -0.3 is 0 Å². The van der Waals surface area contributed by atoms with Gasteiger partial charge in [0.25, 0.3) is 0 Å². The van der Waals surface area contributed by atoms with E-state index in [1.165, 1.54) is 0 Å². The lowest BCUT2D eigenvalue weighted by Gasteiger charge is -1.96. The maximum absolute atomic E-state index is 10.5. The zero-order valence-electron chi connectivity index (χ0n) is 9.58. The van der Waals surface area contributed by atoms with Crippen LogP contribution < -0.4 is 0 Å². The molecule has 0 spiro atoms. The van der Waals surface area contributed by atoms with Crippen molar-refractivity contribution in [2.24, 2.45) is 4.99 Å². The van der Waals surface area contributed by atoms with Crippen molar-refractivity contribution in [3.63, 3.8) is 0 Å². The Labute approximate surface area is 91.4 Å². The maximum Gasteiger partial charge on any atom is 0.152 e. The minimum atomic E-state index is 0.320. The standard InChI is InChI=1S/C13H17NO/c1-5-12(8-7-11(3)4)9-13(10-15)14-6-2/h6-9H,3,5H2,1-2,4H3/b8-7-,12-9+,14-6-. The fourth-order valence-corrected chi connectivity index (χ4v) is 0.925. The van der Waals surface area contributed by atoms with Crippen molar-refractivity contribution in [1.82, 2.24) is 0 Å². The van der Waals surface area contributed by atoms with E-state index in [4.69, 9.17) is 0 Å². The van der Waals surface area contributed by atoms with Gasteiger partial charge in [0.15, 0.2) is 5.94 Å². The smallest absolute Gasteiger partial charge is 0.152 e. The van der Waals surface area contributed by atoms with Crippen LogP contribution in [0.5, 0.6) is 0 Å². The summed E-state index contributed by atoms with van der Waals surface area (Å²) in [6, 6.07) is 0. The topological polar surface area (TPSA) is 29.4 Å². The number of rotatable bonds is 5. The number of hydrogen-bond acceptors (Lipinski definition) is 2. The van der Waals surface area contributed by atoms with Crippen LogP contribution in [0, 0.1) is 0 Å². The summed E-state index contributed by atoms with van der Waals surface area (Å²) in [7, 11) is 0. The fourth-order valence-electron chi connectivity index (χ4n) is 0.925. The molecule has 0 fully saturated rings. The largest absolute Gasteiger partial charge is 0.250 e. The van der Waals surface area contributed by atoms with Crippen LogP contribution in [-0.4, -0.2) is 12.2 Å². The molecule has 0 bridgehead atoms. The highest BCUT2D eigenvalue weighted by atomic mass is 16.1. The van der Waals surface area contributed by atoms with E-state index in [0.717, 1.165) is 17.6 Å². The van der Waals surface area contributed by atoms with Gasteiger partial charge in [-0.05, 0) is 31.9 Å². The number of carbonyl (C=O) groups excluding carboxylic acids is 1. The highest BCUT2D eigenvalue weighted by Crippen LogP contribution is 2.08. The second-order valence-electron chi connectivity index (χ2n) is 3.13. The van der Waals surface area contributed by atoms with E-state index < -0.39 is 0 Å². The first-order valence-corrected chi connectivity index (χ1v) is 4.92. The molecule has 0 heterocycles. The van der Waals surface area contributed by atoms with Gasteiger partial charge in [-0.3, -0.25) is 0 Å².